The van der Waals surface area contributed by atoms with Crippen molar-refractivity contribution in [1.29, 1.82) is 0 Å². The van der Waals surface area contributed by atoms with Gasteiger partial charge in [0, 0.05) is 0 Å². The maximum absolute atomic E-state index is 10.6. The summed E-state index contributed by atoms with van der Waals surface area (Å²) in [7, 11) is -0.484. The van der Waals surface area contributed by atoms with Crippen LogP contribution in [0.3, 0.4) is 0 Å². The maximum Gasteiger partial charge on any atom is 0.494 e. The summed E-state index contributed by atoms with van der Waals surface area (Å²) in [5.41, 5.74) is 0.00269. The highest BCUT2D eigenvalue weighted by Gasteiger charge is 2.51. The smallest absolute Gasteiger partial charge is 0.490 e. The zero-order valence-corrected chi connectivity index (χ0v) is 14.9. The molecule has 7 heteroatoms. The van der Waals surface area contributed by atoms with Gasteiger partial charge in [0.2, 0.25) is 0 Å². The first-order chi connectivity index (χ1) is 11.2. The second-order valence-corrected chi connectivity index (χ2v) is 6.72. The van der Waals surface area contributed by atoms with Gasteiger partial charge in [-0.3, -0.25) is 4.79 Å². The largest absolute Gasteiger partial charge is 0.494 e. The topological polar surface area (TPSA) is 74.2 Å². The molecule has 0 aromatic heterocycles. The van der Waals surface area contributed by atoms with Crippen LogP contribution in [-0.4, -0.2) is 42.6 Å². The summed E-state index contributed by atoms with van der Waals surface area (Å²) in [5, 5.41) is 8.71. The third kappa shape index (κ3) is 4.02. The number of hydrogen-bond acceptors (Lipinski definition) is 5. The predicted octanol–water partition coefficient (Wildman–Crippen LogP) is 2.24. The molecule has 24 heavy (non-hydrogen) atoms. The number of carboxylic acids is 1. The second-order valence-electron chi connectivity index (χ2n) is 6.72. The number of carboxylic acid groups (broad SMARTS) is 1. The molecular formula is C17H25BO6. The van der Waals surface area contributed by atoms with Crippen molar-refractivity contribution in [2.75, 3.05) is 13.2 Å². The number of ether oxygens (including phenoxy) is 2. The van der Waals surface area contributed by atoms with Crippen molar-refractivity contribution in [2.24, 2.45) is 0 Å². The van der Waals surface area contributed by atoms with E-state index in [4.69, 9.17) is 23.9 Å². The Balaban J connectivity index is 2.18. The lowest BCUT2D eigenvalue weighted by molar-refractivity contribution is -0.137. The van der Waals surface area contributed by atoms with E-state index in [1.165, 1.54) is 0 Å². The van der Waals surface area contributed by atoms with Crippen LogP contribution >= 0.6 is 0 Å². The van der Waals surface area contributed by atoms with E-state index in [0.29, 0.717) is 18.1 Å². The maximum atomic E-state index is 10.6. The molecule has 1 aliphatic heterocycles. The van der Waals surface area contributed by atoms with Crippen molar-refractivity contribution in [3.8, 4) is 11.5 Å². The van der Waals surface area contributed by atoms with Crippen LogP contribution in [0, 0.1) is 0 Å². The van der Waals surface area contributed by atoms with Crippen molar-refractivity contribution in [2.45, 2.75) is 52.2 Å². The van der Waals surface area contributed by atoms with E-state index < -0.39 is 24.3 Å². The predicted molar refractivity (Wildman–Crippen MR) is 91.1 cm³/mol. The molecule has 2 rings (SSSR count). The first-order valence-electron chi connectivity index (χ1n) is 8.13. The molecule has 1 fully saturated rings. The first kappa shape index (κ1) is 18.6. The molecule has 1 N–H and O–H groups in total. The first-order valence-corrected chi connectivity index (χ1v) is 8.13. The summed E-state index contributed by atoms with van der Waals surface area (Å²) in [6, 6.07) is 5.43. The number of benzene rings is 1. The van der Waals surface area contributed by atoms with Gasteiger partial charge in [0.05, 0.1) is 30.8 Å². The average Bonchev–Trinajstić information content (AvgIpc) is 2.69. The molecule has 0 unspecified atom stereocenters. The fourth-order valence-corrected chi connectivity index (χ4v) is 2.29. The van der Waals surface area contributed by atoms with Gasteiger partial charge in [0.25, 0.3) is 0 Å². The van der Waals surface area contributed by atoms with Crippen LogP contribution in [0.25, 0.3) is 0 Å². The quantitative estimate of drug-likeness (QED) is 0.770. The molecule has 1 aromatic rings. The molecule has 0 amide bonds. The molecule has 0 radical (unpaired) electrons. The lowest BCUT2D eigenvalue weighted by Gasteiger charge is -2.32. The number of carbonyl (C=O) groups is 1. The normalized spacial score (nSPS) is 18.5. The Labute approximate surface area is 143 Å². The summed E-state index contributed by atoms with van der Waals surface area (Å²) >= 11 is 0. The van der Waals surface area contributed by atoms with E-state index in [9.17, 15) is 4.79 Å². The monoisotopic (exact) mass is 336 g/mol. The van der Waals surface area contributed by atoms with Gasteiger partial charge < -0.3 is 23.9 Å². The summed E-state index contributed by atoms with van der Waals surface area (Å²) in [4.78, 5) is 10.6. The second kappa shape index (κ2) is 7.03. The molecule has 0 atom stereocenters. The fourth-order valence-electron chi connectivity index (χ4n) is 2.29. The molecule has 1 saturated heterocycles. The number of hydrogen-bond donors (Lipinski definition) is 1. The van der Waals surface area contributed by atoms with E-state index in [1.54, 1.807) is 6.07 Å². The van der Waals surface area contributed by atoms with Gasteiger partial charge in [-0.2, -0.15) is 0 Å². The Kier molecular flexibility index (Phi) is 5.45. The Morgan fingerprint density at radius 2 is 1.75 bits per heavy atom. The standard InChI is InChI=1S/C17H25BO6/c1-6-21-14-11-12(7-8-13(14)22-10-9-15(19)20)18-23-16(2,3)17(4,5)24-18/h7-8,11H,6,9-10H2,1-5H3,(H,19,20). The van der Waals surface area contributed by atoms with E-state index in [-0.39, 0.29) is 13.0 Å². The SMILES string of the molecule is CCOc1cc(B2OC(C)(C)C(C)(C)O2)ccc1OCCC(=O)O. The zero-order valence-electron chi connectivity index (χ0n) is 14.9. The highest BCUT2D eigenvalue weighted by atomic mass is 16.7. The van der Waals surface area contributed by atoms with Gasteiger partial charge in [-0.05, 0) is 52.2 Å². The van der Waals surface area contributed by atoms with E-state index in [2.05, 4.69) is 0 Å². The minimum atomic E-state index is -0.901. The van der Waals surface area contributed by atoms with Gasteiger partial charge in [-0.25, -0.2) is 0 Å². The summed E-state index contributed by atoms with van der Waals surface area (Å²) in [6.45, 7) is 10.4. The summed E-state index contributed by atoms with van der Waals surface area (Å²) in [6.07, 6.45) is -0.0649. The fraction of sp³-hybridized carbons (Fsp3) is 0.588. The van der Waals surface area contributed by atoms with E-state index in [1.807, 2.05) is 46.8 Å². The molecule has 132 valence electrons. The van der Waals surface area contributed by atoms with Crippen molar-refractivity contribution >= 4 is 18.6 Å². The average molecular weight is 336 g/mol. The van der Waals surface area contributed by atoms with Crippen molar-refractivity contribution in [3.05, 3.63) is 18.2 Å². The third-order valence-corrected chi connectivity index (χ3v) is 4.37. The molecule has 6 nitrogen and oxygen atoms in total. The molecule has 0 aliphatic carbocycles. The van der Waals surface area contributed by atoms with Crippen LogP contribution in [0.5, 0.6) is 11.5 Å². The van der Waals surface area contributed by atoms with Crippen LogP contribution in [-0.2, 0) is 14.1 Å². The number of aliphatic carboxylic acids is 1. The van der Waals surface area contributed by atoms with Gasteiger partial charge >= 0.3 is 13.1 Å². The molecule has 1 heterocycles. The Morgan fingerprint density at radius 3 is 2.29 bits per heavy atom. The third-order valence-electron chi connectivity index (χ3n) is 4.37. The highest BCUT2D eigenvalue weighted by molar-refractivity contribution is 6.62. The molecule has 0 bridgehead atoms. The highest BCUT2D eigenvalue weighted by Crippen LogP contribution is 2.37. The van der Waals surface area contributed by atoms with Gasteiger partial charge in [0.1, 0.15) is 0 Å². The van der Waals surface area contributed by atoms with Crippen molar-refractivity contribution < 1.29 is 28.7 Å². The van der Waals surface area contributed by atoms with Gasteiger partial charge in [-0.15, -0.1) is 0 Å². The number of rotatable bonds is 7. The van der Waals surface area contributed by atoms with Crippen LogP contribution < -0.4 is 14.9 Å². The Morgan fingerprint density at radius 1 is 1.12 bits per heavy atom. The molecule has 1 aliphatic rings. The Hall–Kier alpha value is -1.73. The summed E-state index contributed by atoms with van der Waals surface area (Å²) in [5.74, 6) is 0.162. The summed E-state index contributed by atoms with van der Waals surface area (Å²) < 4.78 is 23.2. The molecular weight excluding hydrogens is 311 g/mol. The van der Waals surface area contributed by atoms with Crippen LogP contribution in [0.2, 0.25) is 0 Å². The van der Waals surface area contributed by atoms with Gasteiger partial charge in [-0.1, -0.05) is 6.07 Å². The molecule has 0 saturated carbocycles. The van der Waals surface area contributed by atoms with Crippen molar-refractivity contribution in [1.82, 2.24) is 0 Å². The lowest BCUT2D eigenvalue weighted by atomic mass is 9.79. The van der Waals surface area contributed by atoms with E-state index in [0.717, 1.165) is 5.46 Å². The minimum absolute atomic E-state index is 0.0649. The van der Waals surface area contributed by atoms with Crippen LogP contribution in [0.15, 0.2) is 18.2 Å². The zero-order chi connectivity index (χ0) is 18.0. The van der Waals surface area contributed by atoms with Crippen LogP contribution in [0.1, 0.15) is 41.0 Å². The minimum Gasteiger partial charge on any atom is -0.490 e. The van der Waals surface area contributed by atoms with Crippen molar-refractivity contribution in [3.63, 3.8) is 0 Å². The van der Waals surface area contributed by atoms with Crippen LogP contribution in [0.4, 0.5) is 0 Å². The van der Waals surface area contributed by atoms with Gasteiger partial charge in [0.15, 0.2) is 11.5 Å². The lowest BCUT2D eigenvalue weighted by Crippen LogP contribution is -2.41. The molecule has 1 aromatic carbocycles. The van der Waals surface area contributed by atoms with E-state index >= 15 is 0 Å². The molecule has 0 spiro atoms. The Bertz CT molecular complexity index is 583.